The van der Waals surface area contributed by atoms with Crippen LogP contribution < -0.4 is 0 Å². The Morgan fingerprint density at radius 1 is 0.655 bits per heavy atom. The summed E-state index contributed by atoms with van der Waals surface area (Å²) in [5.41, 5.74) is -0.567. The molecule has 0 amide bonds. The normalized spacial score (nSPS) is 13.0. The van der Waals surface area contributed by atoms with Gasteiger partial charge in [0.25, 0.3) is 0 Å². The molecule has 0 aromatic rings. The molecule has 0 spiro atoms. The monoisotopic (exact) mass is 488 g/mol. The number of thiol groups is 2. The van der Waals surface area contributed by atoms with Gasteiger partial charge in [-0.1, -0.05) is 0 Å². The van der Waals surface area contributed by atoms with Crippen molar-refractivity contribution >= 4 is 53.1 Å². The highest BCUT2D eigenvalue weighted by molar-refractivity contribution is 7.96. The van der Waals surface area contributed by atoms with E-state index in [1.165, 1.54) is 0 Å². The van der Waals surface area contributed by atoms with Crippen molar-refractivity contribution < 1.29 is 36.1 Å². The standard InChI is InChI=1S/C17H36O8S2Si2/c1-20-28(21-2,22-3)11-7-9-17(13-15(18)26,14-16(19)27)10-8-12-29(23-4,24-5)25-6/h7-14H2,1-6H3,(H,18,26)(H,19,27). The third kappa shape index (κ3) is 9.93. The number of hydrogen-bond acceptors (Lipinski definition) is 8. The minimum Gasteiger partial charge on any atom is -0.377 e. The van der Waals surface area contributed by atoms with Gasteiger partial charge in [-0.25, -0.2) is 0 Å². The summed E-state index contributed by atoms with van der Waals surface area (Å²) >= 11 is 7.95. The van der Waals surface area contributed by atoms with Gasteiger partial charge in [0.05, 0.1) is 0 Å². The minimum absolute atomic E-state index is 0.172. The summed E-state index contributed by atoms with van der Waals surface area (Å²) in [6, 6.07) is 1.15. The summed E-state index contributed by atoms with van der Waals surface area (Å²) in [7, 11) is 3.89. The predicted molar refractivity (Wildman–Crippen MR) is 121 cm³/mol. The molecule has 0 saturated carbocycles. The molecule has 0 aromatic carbocycles. The van der Waals surface area contributed by atoms with E-state index in [1.54, 1.807) is 42.7 Å². The van der Waals surface area contributed by atoms with Crippen LogP contribution in [0.1, 0.15) is 38.5 Å². The second kappa shape index (κ2) is 14.3. The average molecular weight is 489 g/mol. The Kier molecular flexibility index (Phi) is 14.4. The molecule has 0 aromatic heterocycles. The topological polar surface area (TPSA) is 89.5 Å². The van der Waals surface area contributed by atoms with Crippen LogP contribution in [0.25, 0.3) is 0 Å². The summed E-state index contributed by atoms with van der Waals surface area (Å²) < 4.78 is 32.8. The number of carbonyl (C=O) groups is 2. The van der Waals surface area contributed by atoms with Gasteiger partial charge < -0.3 is 26.6 Å². The van der Waals surface area contributed by atoms with Crippen molar-refractivity contribution in [2.75, 3.05) is 42.7 Å². The van der Waals surface area contributed by atoms with E-state index in [2.05, 4.69) is 25.3 Å². The molecule has 0 heterocycles. The average Bonchev–Trinajstić information content (AvgIpc) is 2.68. The molecule has 0 N–H and O–H groups in total. The van der Waals surface area contributed by atoms with Crippen LogP contribution in [0.15, 0.2) is 0 Å². The van der Waals surface area contributed by atoms with Gasteiger partial charge >= 0.3 is 17.6 Å². The molecule has 0 rings (SSSR count). The lowest BCUT2D eigenvalue weighted by molar-refractivity contribution is -0.116. The second-order valence-corrected chi connectivity index (χ2v) is 14.1. The van der Waals surface area contributed by atoms with E-state index in [0.717, 1.165) is 0 Å². The van der Waals surface area contributed by atoms with Crippen LogP contribution in [0.5, 0.6) is 0 Å². The summed E-state index contributed by atoms with van der Waals surface area (Å²) in [6.07, 6.45) is 2.91. The molecular formula is C17H36O8S2Si2. The van der Waals surface area contributed by atoms with E-state index in [9.17, 15) is 9.59 Å². The molecule has 0 radical (unpaired) electrons. The molecule has 0 aliphatic rings. The van der Waals surface area contributed by atoms with Crippen LogP contribution in [0.2, 0.25) is 12.1 Å². The van der Waals surface area contributed by atoms with E-state index in [4.69, 9.17) is 26.6 Å². The Morgan fingerprint density at radius 3 is 1.14 bits per heavy atom. The molecule has 172 valence electrons. The Balaban J connectivity index is 5.37. The fourth-order valence-electron chi connectivity index (χ4n) is 3.65. The summed E-state index contributed by atoms with van der Waals surface area (Å²) in [5, 5.41) is -0.524. The molecule has 0 atom stereocenters. The van der Waals surface area contributed by atoms with Gasteiger partial charge in [0.1, 0.15) is 0 Å². The van der Waals surface area contributed by atoms with Gasteiger partial charge in [-0.05, 0) is 31.1 Å². The first-order valence-electron chi connectivity index (χ1n) is 9.36. The van der Waals surface area contributed by atoms with Crippen molar-refractivity contribution in [3.63, 3.8) is 0 Å². The van der Waals surface area contributed by atoms with Gasteiger partial charge in [0, 0.05) is 67.6 Å². The van der Waals surface area contributed by atoms with Crippen molar-refractivity contribution in [1.29, 1.82) is 0 Å². The summed E-state index contributed by atoms with van der Waals surface area (Å²) in [4.78, 5) is 23.8. The lowest BCUT2D eigenvalue weighted by Crippen LogP contribution is -2.43. The fourth-order valence-corrected chi connectivity index (χ4v) is 7.77. The van der Waals surface area contributed by atoms with Gasteiger partial charge in [-0.2, -0.15) is 0 Å². The summed E-state index contributed by atoms with van der Waals surface area (Å²) in [5.74, 6) is 0. The first kappa shape index (κ1) is 29.2. The highest BCUT2D eigenvalue weighted by Crippen LogP contribution is 2.41. The highest BCUT2D eigenvalue weighted by Gasteiger charge is 2.41. The zero-order chi connectivity index (χ0) is 22.6. The van der Waals surface area contributed by atoms with E-state index in [-0.39, 0.29) is 23.1 Å². The second-order valence-electron chi connectivity index (χ2n) is 6.94. The molecular weight excluding hydrogens is 452 g/mol. The molecule has 0 unspecified atom stereocenters. The molecule has 0 bridgehead atoms. The van der Waals surface area contributed by atoms with Crippen molar-refractivity contribution in [3.05, 3.63) is 0 Å². The van der Waals surface area contributed by atoms with E-state index in [0.29, 0.717) is 37.8 Å². The van der Waals surface area contributed by atoms with Crippen LogP contribution in [0.3, 0.4) is 0 Å². The number of rotatable bonds is 18. The smallest absolute Gasteiger partial charge is 0.377 e. The largest absolute Gasteiger partial charge is 0.500 e. The SMILES string of the molecule is CO[Si](CCCC(CCC[Si](OC)(OC)OC)(CC(=O)S)CC(=O)S)(OC)OC. The Hall–Kier alpha value is 0.234. The molecule has 0 aliphatic heterocycles. The maximum Gasteiger partial charge on any atom is 0.500 e. The Labute approximate surface area is 187 Å². The molecule has 0 saturated heterocycles. The molecule has 0 aliphatic carbocycles. The van der Waals surface area contributed by atoms with Crippen molar-refractivity contribution in [3.8, 4) is 0 Å². The van der Waals surface area contributed by atoms with Crippen LogP contribution in [-0.2, 0) is 36.1 Å². The fraction of sp³-hybridized carbons (Fsp3) is 0.882. The first-order valence-corrected chi connectivity index (χ1v) is 14.1. The van der Waals surface area contributed by atoms with Crippen molar-refractivity contribution in [2.45, 2.75) is 50.6 Å². The zero-order valence-electron chi connectivity index (χ0n) is 18.3. The number of carbonyl (C=O) groups excluding carboxylic acids is 2. The maximum atomic E-state index is 11.9. The molecule has 8 nitrogen and oxygen atoms in total. The third-order valence-electron chi connectivity index (χ3n) is 5.30. The van der Waals surface area contributed by atoms with Gasteiger partial charge in [0.2, 0.25) is 0 Å². The molecule has 29 heavy (non-hydrogen) atoms. The minimum atomic E-state index is -2.74. The van der Waals surface area contributed by atoms with Crippen molar-refractivity contribution in [2.24, 2.45) is 5.41 Å². The lowest BCUT2D eigenvalue weighted by atomic mass is 9.74. The van der Waals surface area contributed by atoms with Crippen LogP contribution in [0, 0.1) is 5.41 Å². The van der Waals surface area contributed by atoms with Crippen LogP contribution >= 0.6 is 25.3 Å². The van der Waals surface area contributed by atoms with Gasteiger partial charge in [-0.3, -0.25) is 9.59 Å². The van der Waals surface area contributed by atoms with Gasteiger partial charge in [0.15, 0.2) is 10.2 Å². The van der Waals surface area contributed by atoms with E-state index in [1.807, 2.05) is 0 Å². The Bertz CT molecular complexity index is 441. The maximum absolute atomic E-state index is 11.9. The first-order chi connectivity index (χ1) is 13.6. The quantitative estimate of drug-likeness (QED) is 0.225. The van der Waals surface area contributed by atoms with Crippen LogP contribution in [-0.4, -0.2) is 70.5 Å². The highest BCUT2D eigenvalue weighted by atomic mass is 32.1. The van der Waals surface area contributed by atoms with E-state index < -0.39 is 23.0 Å². The van der Waals surface area contributed by atoms with Gasteiger partial charge in [-0.15, -0.1) is 25.3 Å². The predicted octanol–water partition coefficient (Wildman–Crippen LogP) is 2.98. The van der Waals surface area contributed by atoms with Crippen LogP contribution in [0.4, 0.5) is 0 Å². The van der Waals surface area contributed by atoms with E-state index >= 15 is 0 Å². The lowest BCUT2D eigenvalue weighted by Gasteiger charge is -2.34. The Morgan fingerprint density at radius 2 is 0.931 bits per heavy atom. The third-order valence-corrected chi connectivity index (χ3v) is 11.3. The molecule has 12 heteroatoms. The zero-order valence-corrected chi connectivity index (χ0v) is 22.1. The number of hydrogen-bond donors (Lipinski definition) is 2. The molecule has 0 fully saturated rings. The van der Waals surface area contributed by atoms with Crippen molar-refractivity contribution in [1.82, 2.24) is 0 Å². The summed E-state index contributed by atoms with van der Waals surface area (Å²) in [6.45, 7) is 0.